The molecule has 0 aliphatic carbocycles. The van der Waals surface area contributed by atoms with Crippen molar-refractivity contribution in [3.63, 3.8) is 0 Å². The summed E-state index contributed by atoms with van der Waals surface area (Å²) in [6.45, 7) is 2.03. The predicted octanol–water partition coefficient (Wildman–Crippen LogP) is 1.87. The van der Waals surface area contributed by atoms with Crippen LogP contribution in [0.15, 0.2) is 12.3 Å². The Morgan fingerprint density at radius 3 is 2.79 bits per heavy atom. The third-order valence-corrected chi connectivity index (χ3v) is 3.32. The smallest absolute Gasteiger partial charge is 0.151 e. The van der Waals surface area contributed by atoms with Crippen molar-refractivity contribution in [2.45, 2.75) is 0 Å². The highest BCUT2D eigenvalue weighted by molar-refractivity contribution is 7.99. The molecule has 1 aliphatic heterocycles. The van der Waals surface area contributed by atoms with Crippen molar-refractivity contribution in [2.24, 2.45) is 0 Å². The molecular formula is C9H12ClN3S. The van der Waals surface area contributed by atoms with Gasteiger partial charge in [0.2, 0.25) is 0 Å². The second-order valence-corrected chi connectivity index (χ2v) is 4.83. The molecule has 1 aromatic rings. The Kier molecular flexibility index (Phi) is 3.03. The van der Waals surface area contributed by atoms with E-state index in [4.69, 9.17) is 17.3 Å². The lowest BCUT2D eigenvalue weighted by Gasteiger charge is -2.28. The molecule has 2 N–H and O–H groups in total. The minimum absolute atomic E-state index is 0.595. The summed E-state index contributed by atoms with van der Waals surface area (Å²) in [6, 6.07) is 1.76. The maximum absolute atomic E-state index is 5.86. The highest BCUT2D eigenvalue weighted by Gasteiger charge is 2.14. The van der Waals surface area contributed by atoms with Crippen molar-refractivity contribution < 1.29 is 0 Å². The monoisotopic (exact) mass is 229 g/mol. The van der Waals surface area contributed by atoms with Crippen LogP contribution in [0.1, 0.15) is 0 Å². The SMILES string of the molecule is Nc1cc(Cl)cnc1N1CCSCC1. The zero-order chi connectivity index (χ0) is 9.97. The molecule has 0 radical (unpaired) electrons. The summed E-state index contributed by atoms with van der Waals surface area (Å²) in [7, 11) is 0. The minimum Gasteiger partial charge on any atom is -0.396 e. The largest absolute Gasteiger partial charge is 0.396 e. The van der Waals surface area contributed by atoms with Crippen LogP contribution in [0.25, 0.3) is 0 Å². The van der Waals surface area contributed by atoms with Gasteiger partial charge < -0.3 is 10.6 Å². The van der Waals surface area contributed by atoms with E-state index in [1.165, 1.54) is 0 Å². The molecule has 0 aromatic carbocycles. The van der Waals surface area contributed by atoms with Gasteiger partial charge in [0.25, 0.3) is 0 Å². The van der Waals surface area contributed by atoms with Gasteiger partial charge in [0.15, 0.2) is 5.82 Å². The molecule has 2 heterocycles. The number of hydrogen-bond acceptors (Lipinski definition) is 4. The molecule has 1 aromatic heterocycles. The number of thioether (sulfide) groups is 1. The van der Waals surface area contributed by atoms with Gasteiger partial charge in [0.05, 0.1) is 10.7 Å². The van der Waals surface area contributed by atoms with E-state index >= 15 is 0 Å². The van der Waals surface area contributed by atoms with Crippen LogP contribution in [0.3, 0.4) is 0 Å². The van der Waals surface area contributed by atoms with Crippen LogP contribution in [-0.4, -0.2) is 29.6 Å². The Morgan fingerprint density at radius 1 is 1.43 bits per heavy atom. The summed E-state index contributed by atoms with van der Waals surface area (Å²) in [4.78, 5) is 6.47. The maximum Gasteiger partial charge on any atom is 0.151 e. The first-order chi connectivity index (χ1) is 6.77. The maximum atomic E-state index is 5.86. The molecule has 0 unspecified atom stereocenters. The molecule has 76 valence electrons. The summed E-state index contributed by atoms with van der Waals surface area (Å²) in [6.07, 6.45) is 1.65. The Hall–Kier alpha value is -0.610. The summed E-state index contributed by atoms with van der Waals surface area (Å²) in [5, 5.41) is 0.595. The zero-order valence-corrected chi connectivity index (χ0v) is 9.31. The van der Waals surface area contributed by atoms with Gasteiger partial charge in [0.1, 0.15) is 0 Å². The fourth-order valence-corrected chi connectivity index (χ4v) is 2.56. The van der Waals surface area contributed by atoms with Crippen LogP contribution in [0.4, 0.5) is 11.5 Å². The summed E-state index contributed by atoms with van der Waals surface area (Å²) in [5.74, 6) is 3.16. The standard InChI is InChI=1S/C9H12ClN3S/c10-7-5-8(11)9(12-6-7)13-1-3-14-4-2-13/h5-6H,1-4,11H2. The lowest BCUT2D eigenvalue weighted by Crippen LogP contribution is -2.33. The lowest BCUT2D eigenvalue weighted by atomic mass is 10.3. The lowest BCUT2D eigenvalue weighted by molar-refractivity contribution is 0.841. The molecule has 2 rings (SSSR count). The summed E-state index contributed by atoms with van der Waals surface area (Å²) in [5.41, 5.74) is 6.53. The van der Waals surface area contributed by atoms with E-state index in [1.807, 2.05) is 11.8 Å². The molecule has 3 nitrogen and oxygen atoms in total. The van der Waals surface area contributed by atoms with Gasteiger partial charge in [-0.3, -0.25) is 0 Å². The van der Waals surface area contributed by atoms with Crippen LogP contribution in [-0.2, 0) is 0 Å². The van der Waals surface area contributed by atoms with Gasteiger partial charge in [-0.05, 0) is 6.07 Å². The normalized spacial score (nSPS) is 17.1. The van der Waals surface area contributed by atoms with Crippen LogP contribution in [0.5, 0.6) is 0 Å². The minimum atomic E-state index is 0.595. The Bertz CT molecular complexity index is 326. The predicted molar refractivity (Wildman–Crippen MR) is 63.2 cm³/mol. The second-order valence-electron chi connectivity index (χ2n) is 3.17. The molecule has 0 atom stereocenters. The fraction of sp³-hybridized carbons (Fsp3) is 0.444. The number of nitrogens with zero attached hydrogens (tertiary/aromatic N) is 2. The van der Waals surface area contributed by atoms with E-state index < -0.39 is 0 Å². The number of pyridine rings is 1. The van der Waals surface area contributed by atoms with Crippen molar-refractivity contribution in [2.75, 3.05) is 35.2 Å². The fourth-order valence-electron chi connectivity index (χ4n) is 1.49. The summed E-state index contributed by atoms with van der Waals surface area (Å²) < 4.78 is 0. The molecule has 0 saturated carbocycles. The van der Waals surface area contributed by atoms with Crippen LogP contribution < -0.4 is 10.6 Å². The van der Waals surface area contributed by atoms with E-state index in [2.05, 4.69) is 9.88 Å². The highest BCUT2D eigenvalue weighted by atomic mass is 35.5. The molecular weight excluding hydrogens is 218 g/mol. The molecule has 0 spiro atoms. The number of hydrogen-bond donors (Lipinski definition) is 1. The molecule has 5 heteroatoms. The van der Waals surface area contributed by atoms with Gasteiger partial charge in [-0.2, -0.15) is 11.8 Å². The highest BCUT2D eigenvalue weighted by Crippen LogP contribution is 2.25. The van der Waals surface area contributed by atoms with Gasteiger partial charge in [0, 0.05) is 30.8 Å². The van der Waals surface area contributed by atoms with Crippen molar-refractivity contribution >= 4 is 34.9 Å². The van der Waals surface area contributed by atoms with E-state index in [9.17, 15) is 0 Å². The number of nitrogens with two attached hydrogens (primary N) is 1. The first-order valence-corrected chi connectivity index (χ1v) is 6.04. The van der Waals surface area contributed by atoms with Crippen LogP contribution in [0.2, 0.25) is 5.02 Å². The third kappa shape index (κ3) is 2.07. The van der Waals surface area contributed by atoms with Gasteiger partial charge in [-0.1, -0.05) is 11.6 Å². The van der Waals surface area contributed by atoms with Crippen molar-refractivity contribution in [1.29, 1.82) is 0 Å². The van der Waals surface area contributed by atoms with Crippen LogP contribution >= 0.6 is 23.4 Å². The molecule has 14 heavy (non-hydrogen) atoms. The van der Waals surface area contributed by atoms with E-state index in [0.717, 1.165) is 30.4 Å². The second kappa shape index (κ2) is 4.28. The topological polar surface area (TPSA) is 42.1 Å². The number of nitrogen functional groups attached to an aromatic ring is 1. The van der Waals surface area contributed by atoms with Crippen LogP contribution in [0, 0.1) is 0 Å². The number of aromatic nitrogens is 1. The van der Waals surface area contributed by atoms with Gasteiger partial charge >= 0.3 is 0 Å². The Labute approximate surface area is 92.6 Å². The quantitative estimate of drug-likeness (QED) is 0.799. The number of rotatable bonds is 1. The van der Waals surface area contributed by atoms with Crippen molar-refractivity contribution in [3.8, 4) is 0 Å². The van der Waals surface area contributed by atoms with Crippen molar-refractivity contribution in [3.05, 3.63) is 17.3 Å². The Balaban J connectivity index is 2.22. The first-order valence-electron chi connectivity index (χ1n) is 4.51. The van der Waals surface area contributed by atoms with Gasteiger partial charge in [-0.25, -0.2) is 4.98 Å². The Morgan fingerprint density at radius 2 is 2.14 bits per heavy atom. The number of halogens is 1. The molecule has 1 aliphatic rings. The van der Waals surface area contributed by atoms with E-state index in [0.29, 0.717) is 10.7 Å². The average molecular weight is 230 g/mol. The van der Waals surface area contributed by atoms with E-state index in [-0.39, 0.29) is 0 Å². The molecule has 0 bridgehead atoms. The third-order valence-electron chi connectivity index (χ3n) is 2.17. The average Bonchev–Trinajstić information content (AvgIpc) is 2.19. The summed E-state index contributed by atoms with van der Waals surface area (Å²) >= 11 is 7.76. The number of anilines is 2. The zero-order valence-electron chi connectivity index (χ0n) is 7.74. The molecule has 1 saturated heterocycles. The first kappa shape index (κ1) is 9.93. The molecule has 1 fully saturated rings. The van der Waals surface area contributed by atoms with Crippen molar-refractivity contribution in [1.82, 2.24) is 4.98 Å². The van der Waals surface area contributed by atoms with Gasteiger partial charge in [-0.15, -0.1) is 0 Å². The van der Waals surface area contributed by atoms with E-state index in [1.54, 1.807) is 12.3 Å². The molecule has 0 amide bonds.